The third-order valence-electron chi connectivity index (χ3n) is 3.30. The van der Waals surface area contributed by atoms with Gasteiger partial charge in [0, 0.05) is 0 Å². The van der Waals surface area contributed by atoms with Crippen LogP contribution in [0.1, 0.15) is 17.5 Å². The van der Waals surface area contributed by atoms with Crippen molar-refractivity contribution in [3.05, 3.63) is 65.7 Å². The molecule has 2 aromatic carbocycles. The average Bonchev–Trinajstić information content (AvgIpc) is 2.89. The minimum atomic E-state index is -4.45. The van der Waals surface area contributed by atoms with E-state index in [1.807, 2.05) is 30.3 Å². The molecule has 0 saturated carbocycles. The van der Waals surface area contributed by atoms with Gasteiger partial charge in [-0.2, -0.15) is 18.3 Å². The average molecular weight is 304 g/mol. The summed E-state index contributed by atoms with van der Waals surface area (Å²) in [7, 11) is 0. The van der Waals surface area contributed by atoms with E-state index >= 15 is 0 Å². The Kier molecular flexibility index (Phi) is 3.44. The van der Waals surface area contributed by atoms with Gasteiger partial charge in [0.1, 0.15) is 0 Å². The molecule has 0 bridgehead atoms. The minimum Gasteiger partial charge on any atom is -0.272 e. The molecule has 1 aliphatic rings. The highest BCUT2D eigenvalue weighted by molar-refractivity contribution is 6.19. The van der Waals surface area contributed by atoms with E-state index in [1.54, 1.807) is 0 Å². The molecule has 0 radical (unpaired) electrons. The van der Waals surface area contributed by atoms with Crippen LogP contribution in [-0.4, -0.2) is 11.6 Å². The van der Waals surface area contributed by atoms with Crippen LogP contribution in [0, 0.1) is 0 Å². The van der Waals surface area contributed by atoms with Crippen LogP contribution in [0.3, 0.4) is 0 Å². The SMILES string of the molecule is O=C1CC(c2ccccc2)=NN1c1cccc(C(F)(F)F)c1. The molecule has 1 heterocycles. The third kappa shape index (κ3) is 2.72. The van der Waals surface area contributed by atoms with Gasteiger partial charge in [-0.3, -0.25) is 4.79 Å². The lowest BCUT2D eigenvalue weighted by Gasteiger charge is -2.14. The molecule has 1 aliphatic heterocycles. The van der Waals surface area contributed by atoms with E-state index in [1.165, 1.54) is 12.1 Å². The molecule has 3 nitrogen and oxygen atoms in total. The molecular weight excluding hydrogens is 293 g/mol. The van der Waals surface area contributed by atoms with Crippen LogP contribution < -0.4 is 5.01 Å². The fourth-order valence-electron chi connectivity index (χ4n) is 2.24. The van der Waals surface area contributed by atoms with Gasteiger partial charge in [0.05, 0.1) is 23.4 Å². The number of rotatable bonds is 2. The van der Waals surface area contributed by atoms with Gasteiger partial charge in [-0.1, -0.05) is 36.4 Å². The number of alkyl halides is 3. The third-order valence-corrected chi connectivity index (χ3v) is 3.30. The van der Waals surface area contributed by atoms with Gasteiger partial charge in [0.15, 0.2) is 0 Å². The molecule has 0 spiro atoms. The lowest BCUT2D eigenvalue weighted by molar-refractivity contribution is -0.137. The standard InChI is InChI=1S/C16H11F3N2O/c17-16(18,19)12-7-4-8-13(9-12)21-15(22)10-14(20-21)11-5-2-1-3-6-11/h1-9H,10H2. The van der Waals surface area contributed by atoms with Gasteiger partial charge >= 0.3 is 6.18 Å². The topological polar surface area (TPSA) is 32.7 Å². The first-order chi connectivity index (χ1) is 10.4. The van der Waals surface area contributed by atoms with Crippen LogP contribution in [0.2, 0.25) is 0 Å². The summed E-state index contributed by atoms with van der Waals surface area (Å²) >= 11 is 0. The zero-order chi connectivity index (χ0) is 15.7. The van der Waals surface area contributed by atoms with E-state index in [2.05, 4.69) is 5.10 Å². The zero-order valence-corrected chi connectivity index (χ0v) is 11.3. The molecule has 0 aromatic heterocycles. The summed E-state index contributed by atoms with van der Waals surface area (Å²) in [5.41, 5.74) is 0.639. The number of hydrazone groups is 1. The van der Waals surface area contributed by atoms with E-state index in [-0.39, 0.29) is 18.0 Å². The number of hydrogen-bond donors (Lipinski definition) is 0. The summed E-state index contributed by atoms with van der Waals surface area (Å²) in [5, 5.41) is 5.19. The predicted molar refractivity (Wildman–Crippen MR) is 76.5 cm³/mol. The van der Waals surface area contributed by atoms with Crippen molar-refractivity contribution in [1.82, 2.24) is 0 Å². The number of benzene rings is 2. The summed E-state index contributed by atoms with van der Waals surface area (Å²) in [4.78, 5) is 12.0. The highest BCUT2D eigenvalue weighted by Crippen LogP contribution is 2.32. The Balaban J connectivity index is 1.95. The highest BCUT2D eigenvalue weighted by atomic mass is 19.4. The molecule has 112 valence electrons. The summed E-state index contributed by atoms with van der Waals surface area (Å²) in [6, 6.07) is 13.7. The molecule has 0 fully saturated rings. The first kappa shape index (κ1) is 14.3. The van der Waals surface area contributed by atoms with Crippen molar-refractivity contribution in [1.29, 1.82) is 0 Å². The van der Waals surface area contributed by atoms with Gasteiger partial charge in [-0.15, -0.1) is 0 Å². The van der Waals surface area contributed by atoms with Gasteiger partial charge < -0.3 is 0 Å². The van der Waals surface area contributed by atoms with Gasteiger partial charge in [-0.25, -0.2) is 5.01 Å². The Morgan fingerprint density at radius 2 is 1.73 bits per heavy atom. The second kappa shape index (κ2) is 5.29. The highest BCUT2D eigenvalue weighted by Gasteiger charge is 2.32. The number of halogens is 3. The molecule has 0 N–H and O–H groups in total. The number of amides is 1. The lowest BCUT2D eigenvalue weighted by atomic mass is 10.1. The van der Waals surface area contributed by atoms with E-state index in [0.29, 0.717) is 5.71 Å². The van der Waals surface area contributed by atoms with E-state index in [4.69, 9.17) is 0 Å². The van der Waals surface area contributed by atoms with E-state index in [0.717, 1.165) is 22.7 Å². The molecule has 2 aromatic rings. The molecule has 6 heteroatoms. The Bertz CT molecular complexity index is 739. The largest absolute Gasteiger partial charge is 0.416 e. The summed E-state index contributed by atoms with van der Waals surface area (Å²) in [6.07, 6.45) is -4.38. The molecule has 1 amide bonds. The molecular formula is C16H11F3N2O. The number of anilines is 1. The van der Waals surface area contributed by atoms with Crippen molar-refractivity contribution in [3.63, 3.8) is 0 Å². The second-order valence-electron chi connectivity index (χ2n) is 4.84. The summed E-state index contributed by atoms with van der Waals surface area (Å²) < 4.78 is 38.3. The van der Waals surface area contributed by atoms with Crippen molar-refractivity contribution < 1.29 is 18.0 Å². The Hall–Kier alpha value is -2.63. The molecule has 22 heavy (non-hydrogen) atoms. The number of carbonyl (C=O) groups excluding carboxylic acids is 1. The van der Waals surface area contributed by atoms with Crippen molar-refractivity contribution in [2.45, 2.75) is 12.6 Å². The monoisotopic (exact) mass is 304 g/mol. The molecule has 0 unspecified atom stereocenters. The second-order valence-corrected chi connectivity index (χ2v) is 4.84. The maximum Gasteiger partial charge on any atom is 0.416 e. The quantitative estimate of drug-likeness (QED) is 0.829. The van der Waals surface area contributed by atoms with Gasteiger partial charge in [-0.05, 0) is 23.8 Å². The van der Waals surface area contributed by atoms with Crippen LogP contribution in [0.15, 0.2) is 59.7 Å². The smallest absolute Gasteiger partial charge is 0.272 e. The molecule has 0 saturated heterocycles. The number of nitrogens with zero attached hydrogens (tertiary/aromatic N) is 2. The number of hydrogen-bond acceptors (Lipinski definition) is 2. The molecule has 3 rings (SSSR count). The lowest BCUT2D eigenvalue weighted by Crippen LogP contribution is -2.20. The van der Waals surface area contributed by atoms with E-state index in [9.17, 15) is 18.0 Å². The summed E-state index contributed by atoms with van der Waals surface area (Å²) in [5.74, 6) is -0.349. The van der Waals surface area contributed by atoms with Crippen molar-refractivity contribution >= 4 is 17.3 Å². The Morgan fingerprint density at radius 3 is 2.41 bits per heavy atom. The first-order valence-electron chi connectivity index (χ1n) is 6.58. The summed E-state index contributed by atoms with van der Waals surface area (Å²) in [6.45, 7) is 0. The van der Waals surface area contributed by atoms with Crippen molar-refractivity contribution in [2.24, 2.45) is 5.10 Å². The normalized spacial score (nSPS) is 15.1. The van der Waals surface area contributed by atoms with Crippen LogP contribution in [0.5, 0.6) is 0 Å². The Labute approximate surface area is 124 Å². The van der Waals surface area contributed by atoms with Gasteiger partial charge in [0.2, 0.25) is 0 Å². The number of carbonyl (C=O) groups is 1. The fourth-order valence-corrected chi connectivity index (χ4v) is 2.24. The minimum absolute atomic E-state index is 0.0697. The van der Waals surface area contributed by atoms with E-state index < -0.39 is 11.7 Å². The maximum atomic E-state index is 12.8. The van der Waals surface area contributed by atoms with Gasteiger partial charge in [0.25, 0.3) is 5.91 Å². The Morgan fingerprint density at radius 1 is 1.00 bits per heavy atom. The molecule has 0 aliphatic carbocycles. The van der Waals surface area contributed by atoms with Crippen LogP contribution in [-0.2, 0) is 11.0 Å². The fraction of sp³-hybridized carbons (Fsp3) is 0.125. The van der Waals surface area contributed by atoms with Crippen LogP contribution in [0.25, 0.3) is 0 Å². The van der Waals surface area contributed by atoms with Crippen LogP contribution in [0.4, 0.5) is 18.9 Å². The predicted octanol–water partition coefficient (Wildman–Crippen LogP) is 3.85. The van der Waals surface area contributed by atoms with Crippen LogP contribution >= 0.6 is 0 Å². The maximum absolute atomic E-state index is 12.8. The zero-order valence-electron chi connectivity index (χ0n) is 11.3. The first-order valence-corrected chi connectivity index (χ1v) is 6.58. The molecule has 0 atom stereocenters. The van der Waals surface area contributed by atoms with Crippen molar-refractivity contribution in [2.75, 3.05) is 5.01 Å². The van der Waals surface area contributed by atoms with Crippen molar-refractivity contribution in [3.8, 4) is 0 Å².